The number of hydrogen-bond donors (Lipinski definition) is 1. The summed E-state index contributed by atoms with van der Waals surface area (Å²) in [6.07, 6.45) is 3.58. The number of nitriles is 1. The summed E-state index contributed by atoms with van der Waals surface area (Å²) in [6.45, 7) is 2.12. The third-order valence-electron chi connectivity index (χ3n) is 4.15. The number of ether oxygens (including phenoxy) is 2. The number of para-hydroxylation sites is 1. The fraction of sp³-hybridized carbons (Fsp3) is 0.368. The number of amides is 1. The van der Waals surface area contributed by atoms with Crippen molar-refractivity contribution in [3.8, 4) is 11.8 Å². The molecule has 1 aliphatic rings. The Morgan fingerprint density at radius 1 is 1.40 bits per heavy atom. The molecule has 0 saturated carbocycles. The van der Waals surface area contributed by atoms with Crippen molar-refractivity contribution < 1.29 is 14.3 Å². The first-order valence-corrected chi connectivity index (χ1v) is 8.43. The number of aromatic amines is 1. The van der Waals surface area contributed by atoms with Crippen molar-refractivity contribution in [1.29, 1.82) is 5.26 Å². The van der Waals surface area contributed by atoms with E-state index in [1.54, 1.807) is 11.0 Å². The SMILES string of the molecule is N#Cc1c[nH]c(C(=O)N(CCOc2ccccc2)CC2CCCO2)c1. The highest BCUT2D eigenvalue weighted by molar-refractivity contribution is 5.92. The Labute approximate surface area is 147 Å². The predicted octanol–water partition coefficient (Wildman–Crippen LogP) is 2.59. The highest BCUT2D eigenvalue weighted by Gasteiger charge is 2.24. The number of benzene rings is 1. The van der Waals surface area contributed by atoms with Crippen LogP contribution in [0.15, 0.2) is 42.6 Å². The molecule has 1 fully saturated rings. The molecule has 1 aromatic heterocycles. The first kappa shape index (κ1) is 17.1. The van der Waals surface area contributed by atoms with Crippen molar-refractivity contribution >= 4 is 5.91 Å². The quantitative estimate of drug-likeness (QED) is 0.841. The number of hydrogen-bond acceptors (Lipinski definition) is 4. The monoisotopic (exact) mass is 339 g/mol. The Hall–Kier alpha value is -2.78. The van der Waals surface area contributed by atoms with Gasteiger partial charge in [-0.15, -0.1) is 0 Å². The molecule has 6 heteroatoms. The summed E-state index contributed by atoms with van der Waals surface area (Å²) in [5.41, 5.74) is 0.857. The second-order valence-electron chi connectivity index (χ2n) is 5.96. The molecule has 1 amide bonds. The van der Waals surface area contributed by atoms with Crippen LogP contribution >= 0.6 is 0 Å². The zero-order chi connectivity index (χ0) is 17.5. The summed E-state index contributed by atoms with van der Waals surface area (Å²) in [7, 11) is 0. The molecule has 1 aromatic carbocycles. The van der Waals surface area contributed by atoms with E-state index >= 15 is 0 Å². The first-order valence-electron chi connectivity index (χ1n) is 8.43. The van der Waals surface area contributed by atoms with E-state index in [2.05, 4.69) is 4.98 Å². The topological polar surface area (TPSA) is 78.4 Å². The first-order chi connectivity index (χ1) is 12.3. The van der Waals surface area contributed by atoms with Gasteiger partial charge in [-0.3, -0.25) is 4.79 Å². The molecular weight excluding hydrogens is 318 g/mol. The molecule has 6 nitrogen and oxygen atoms in total. The third kappa shape index (κ3) is 4.61. The van der Waals surface area contributed by atoms with E-state index in [0.29, 0.717) is 31.0 Å². The molecule has 0 aliphatic carbocycles. The zero-order valence-corrected chi connectivity index (χ0v) is 14.0. The van der Waals surface area contributed by atoms with Crippen molar-refractivity contribution in [2.75, 3.05) is 26.3 Å². The standard InChI is InChI=1S/C19H21N3O3/c20-12-15-11-18(21-13-15)19(23)22(14-17-7-4-9-24-17)8-10-25-16-5-2-1-3-6-16/h1-3,5-6,11,13,17,21H,4,7-10,14H2. The number of carbonyl (C=O) groups excluding carboxylic acids is 1. The van der Waals surface area contributed by atoms with Gasteiger partial charge in [-0.1, -0.05) is 18.2 Å². The molecule has 0 radical (unpaired) electrons. The average molecular weight is 339 g/mol. The second kappa shape index (κ2) is 8.36. The molecule has 2 aromatic rings. The van der Waals surface area contributed by atoms with Crippen molar-refractivity contribution in [3.05, 3.63) is 53.9 Å². The van der Waals surface area contributed by atoms with Gasteiger partial charge < -0.3 is 19.4 Å². The predicted molar refractivity (Wildman–Crippen MR) is 92.3 cm³/mol. The molecule has 1 atom stereocenters. The van der Waals surface area contributed by atoms with Crippen LogP contribution in [0.4, 0.5) is 0 Å². The largest absolute Gasteiger partial charge is 0.492 e. The minimum absolute atomic E-state index is 0.0612. The molecule has 1 aliphatic heterocycles. The van der Waals surface area contributed by atoms with Gasteiger partial charge in [0.15, 0.2) is 0 Å². The molecule has 130 valence electrons. The Kier molecular flexibility index (Phi) is 5.70. The van der Waals surface area contributed by atoms with Crippen LogP contribution in [-0.4, -0.2) is 48.2 Å². The normalized spacial score (nSPS) is 16.4. The molecule has 0 bridgehead atoms. The summed E-state index contributed by atoms with van der Waals surface area (Å²) in [6, 6.07) is 13.1. The number of rotatable bonds is 7. The minimum atomic E-state index is -0.145. The van der Waals surface area contributed by atoms with Gasteiger partial charge in [0.25, 0.3) is 5.91 Å². The maximum Gasteiger partial charge on any atom is 0.270 e. The Balaban J connectivity index is 1.63. The summed E-state index contributed by atoms with van der Waals surface area (Å²) < 4.78 is 11.4. The zero-order valence-electron chi connectivity index (χ0n) is 14.0. The van der Waals surface area contributed by atoms with E-state index < -0.39 is 0 Å². The van der Waals surface area contributed by atoms with Crippen LogP contribution in [-0.2, 0) is 4.74 Å². The number of nitrogens with one attached hydrogen (secondary N) is 1. The number of carbonyl (C=O) groups is 1. The summed E-state index contributed by atoms with van der Waals surface area (Å²) in [5, 5.41) is 8.93. The van der Waals surface area contributed by atoms with Gasteiger partial charge in [0.05, 0.1) is 18.2 Å². The highest BCUT2D eigenvalue weighted by Crippen LogP contribution is 2.16. The number of nitrogens with zero attached hydrogens (tertiary/aromatic N) is 2. The van der Waals surface area contributed by atoms with E-state index in [-0.39, 0.29) is 12.0 Å². The van der Waals surface area contributed by atoms with E-state index in [4.69, 9.17) is 14.7 Å². The van der Waals surface area contributed by atoms with Gasteiger partial charge >= 0.3 is 0 Å². The van der Waals surface area contributed by atoms with Crippen LogP contribution in [0, 0.1) is 11.3 Å². The Morgan fingerprint density at radius 3 is 2.92 bits per heavy atom. The number of aromatic nitrogens is 1. The second-order valence-corrected chi connectivity index (χ2v) is 5.96. The van der Waals surface area contributed by atoms with Crippen LogP contribution in [0.3, 0.4) is 0 Å². The van der Waals surface area contributed by atoms with Crippen molar-refractivity contribution in [2.45, 2.75) is 18.9 Å². The lowest BCUT2D eigenvalue weighted by molar-refractivity contribution is 0.0490. The van der Waals surface area contributed by atoms with E-state index in [1.165, 1.54) is 6.20 Å². The smallest absolute Gasteiger partial charge is 0.270 e. The lowest BCUT2D eigenvalue weighted by atomic mass is 10.2. The minimum Gasteiger partial charge on any atom is -0.492 e. The molecule has 2 heterocycles. The molecule has 0 spiro atoms. The maximum atomic E-state index is 12.8. The summed E-state index contributed by atoms with van der Waals surface area (Å²) >= 11 is 0. The lowest BCUT2D eigenvalue weighted by Gasteiger charge is -2.25. The summed E-state index contributed by atoms with van der Waals surface area (Å²) in [4.78, 5) is 17.4. The van der Waals surface area contributed by atoms with Crippen molar-refractivity contribution in [1.82, 2.24) is 9.88 Å². The van der Waals surface area contributed by atoms with Gasteiger partial charge in [-0.05, 0) is 31.0 Å². The van der Waals surface area contributed by atoms with Gasteiger partial charge in [0.1, 0.15) is 24.1 Å². The average Bonchev–Trinajstić information content (AvgIpc) is 3.33. The van der Waals surface area contributed by atoms with Gasteiger partial charge in [-0.25, -0.2) is 0 Å². The molecule has 1 unspecified atom stereocenters. The third-order valence-corrected chi connectivity index (χ3v) is 4.15. The molecular formula is C19H21N3O3. The van der Waals surface area contributed by atoms with Crippen LogP contribution in [0.5, 0.6) is 5.75 Å². The molecule has 3 rings (SSSR count). The highest BCUT2D eigenvalue weighted by atomic mass is 16.5. The van der Waals surface area contributed by atoms with Crippen LogP contribution < -0.4 is 4.74 Å². The lowest BCUT2D eigenvalue weighted by Crippen LogP contribution is -2.40. The Morgan fingerprint density at radius 2 is 2.24 bits per heavy atom. The molecule has 1 saturated heterocycles. The van der Waals surface area contributed by atoms with Crippen molar-refractivity contribution in [2.24, 2.45) is 0 Å². The summed E-state index contributed by atoms with van der Waals surface area (Å²) in [5.74, 6) is 0.632. The van der Waals surface area contributed by atoms with Crippen LogP contribution in [0.2, 0.25) is 0 Å². The molecule has 1 N–H and O–H groups in total. The van der Waals surface area contributed by atoms with E-state index in [0.717, 1.165) is 25.2 Å². The maximum absolute atomic E-state index is 12.8. The number of H-pyrrole nitrogens is 1. The van der Waals surface area contributed by atoms with Gasteiger partial charge in [0, 0.05) is 19.3 Å². The fourth-order valence-electron chi connectivity index (χ4n) is 2.85. The molecule has 25 heavy (non-hydrogen) atoms. The Bertz CT molecular complexity index is 730. The van der Waals surface area contributed by atoms with Gasteiger partial charge in [-0.2, -0.15) is 5.26 Å². The van der Waals surface area contributed by atoms with Crippen molar-refractivity contribution in [3.63, 3.8) is 0 Å². The van der Waals surface area contributed by atoms with Crippen LogP contribution in [0.25, 0.3) is 0 Å². The van der Waals surface area contributed by atoms with Gasteiger partial charge in [0.2, 0.25) is 0 Å². The van der Waals surface area contributed by atoms with E-state index in [1.807, 2.05) is 36.4 Å². The fourth-order valence-corrected chi connectivity index (χ4v) is 2.85. The van der Waals surface area contributed by atoms with E-state index in [9.17, 15) is 4.79 Å². The van der Waals surface area contributed by atoms with Crippen LogP contribution in [0.1, 0.15) is 28.9 Å².